The molecule has 0 aliphatic heterocycles. The molecule has 5 N–H and O–H groups in total. The normalized spacial score (nSPS) is 13.9. The van der Waals surface area contributed by atoms with Gasteiger partial charge in [0.2, 0.25) is 0 Å². The fraction of sp³-hybridized carbons (Fsp3) is 0.375. The van der Waals surface area contributed by atoms with Gasteiger partial charge in [-0.3, -0.25) is 15.2 Å². The third-order valence-corrected chi connectivity index (χ3v) is 8.02. The lowest BCUT2D eigenvalue weighted by molar-refractivity contribution is 0.0987. The van der Waals surface area contributed by atoms with E-state index in [4.69, 9.17) is 21.9 Å². The molecule has 40 heavy (non-hydrogen) atoms. The van der Waals surface area contributed by atoms with Crippen LogP contribution in [0.1, 0.15) is 65.8 Å². The number of nitrogens with two attached hydrogens (primary N) is 2. The number of amidine groups is 1. The largest absolute Gasteiger partial charge is 0.384 e. The number of fused-ring (bicyclic) bond motifs is 1. The van der Waals surface area contributed by atoms with Gasteiger partial charge < -0.3 is 20.9 Å². The molecule has 0 saturated heterocycles. The molecule has 0 spiro atoms. The summed E-state index contributed by atoms with van der Waals surface area (Å²) in [5, 5.41) is 7.64. The molecule has 208 valence electrons. The van der Waals surface area contributed by atoms with Crippen molar-refractivity contribution in [2.24, 2.45) is 17.4 Å². The smallest absolute Gasteiger partial charge is 0.258 e. The number of nitrogens with zero attached hydrogens (tertiary/aromatic N) is 4. The summed E-state index contributed by atoms with van der Waals surface area (Å²) in [6.45, 7) is 1.70. The first-order valence-corrected chi connectivity index (χ1v) is 14.4. The number of imidazole rings is 1. The molecule has 0 atom stereocenters. The van der Waals surface area contributed by atoms with E-state index in [0.717, 1.165) is 59.8 Å². The molecule has 1 aliphatic carbocycles. The highest BCUT2D eigenvalue weighted by atomic mass is 16.2. The quantitative estimate of drug-likeness (QED) is 0.182. The number of aryl methyl sites for hydroxylation is 3. The van der Waals surface area contributed by atoms with Crippen molar-refractivity contribution in [3.8, 4) is 0 Å². The number of amides is 1. The summed E-state index contributed by atoms with van der Waals surface area (Å²) in [7, 11) is 0. The number of aromatic nitrogens is 3. The topological polar surface area (TPSA) is 127 Å². The van der Waals surface area contributed by atoms with Gasteiger partial charge in [0.25, 0.3) is 5.91 Å². The Balaban J connectivity index is 1.42. The Morgan fingerprint density at radius 2 is 1.80 bits per heavy atom. The molecule has 8 heteroatoms. The number of nitrogen functional groups attached to an aromatic ring is 1. The predicted molar refractivity (Wildman–Crippen MR) is 161 cm³/mol. The number of anilines is 1. The lowest BCUT2D eigenvalue weighted by Gasteiger charge is -2.22. The number of pyridine rings is 1. The maximum Gasteiger partial charge on any atom is 0.258 e. The fourth-order valence-electron chi connectivity index (χ4n) is 5.79. The summed E-state index contributed by atoms with van der Waals surface area (Å²) >= 11 is 0. The van der Waals surface area contributed by atoms with Crippen LogP contribution in [0.4, 0.5) is 5.69 Å². The number of benzene rings is 2. The maximum atomic E-state index is 13.6. The van der Waals surface area contributed by atoms with Crippen LogP contribution in [0, 0.1) is 11.3 Å². The van der Waals surface area contributed by atoms with Gasteiger partial charge in [0.1, 0.15) is 11.7 Å². The summed E-state index contributed by atoms with van der Waals surface area (Å²) in [5.74, 6) is 1.78. The van der Waals surface area contributed by atoms with Crippen LogP contribution in [0.25, 0.3) is 11.0 Å². The first-order chi connectivity index (χ1) is 19.5. The Kier molecular flexibility index (Phi) is 8.86. The summed E-state index contributed by atoms with van der Waals surface area (Å²) in [4.78, 5) is 24.5. The second kappa shape index (κ2) is 12.9. The van der Waals surface area contributed by atoms with Gasteiger partial charge in [0.05, 0.1) is 22.9 Å². The molecule has 8 nitrogen and oxygen atoms in total. The lowest BCUT2D eigenvalue weighted by atomic mass is 9.87. The van der Waals surface area contributed by atoms with Crippen LogP contribution in [-0.4, -0.2) is 39.4 Å². The van der Waals surface area contributed by atoms with Crippen molar-refractivity contribution in [3.63, 3.8) is 0 Å². The van der Waals surface area contributed by atoms with Gasteiger partial charge in [-0.2, -0.15) is 0 Å². The zero-order valence-electron chi connectivity index (χ0n) is 23.1. The highest BCUT2D eigenvalue weighted by molar-refractivity contribution is 6.07. The standard InChI is InChI=1S/C32H39N7O/c33-17-20-38(27-7-4-18-36-22-27)32(40)26-13-14-29-28(21-26)37-30(39(29)19-16-23-5-2-1-3-6-23)15-10-24-8-11-25(12-9-24)31(34)35/h4,7-9,11-14,18,21-23H,1-3,5-6,10,15-17,19-20,33H2,(H3,34,35). The minimum atomic E-state index is -0.107. The average Bonchev–Trinajstić information content (AvgIpc) is 3.35. The Hall–Kier alpha value is -4.04. The lowest BCUT2D eigenvalue weighted by Crippen LogP contribution is -2.35. The van der Waals surface area contributed by atoms with Crippen molar-refractivity contribution in [1.82, 2.24) is 14.5 Å². The molecule has 1 amide bonds. The average molecular weight is 538 g/mol. The highest BCUT2D eigenvalue weighted by Gasteiger charge is 2.21. The van der Waals surface area contributed by atoms with Crippen LogP contribution in [0.3, 0.4) is 0 Å². The number of nitrogens with one attached hydrogen (secondary N) is 1. The number of carbonyl (C=O) groups excluding carboxylic acids is 1. The van der Waals surface area contributed by atoms with Gasteiger partial charge in [-0.1, -0.05) is 56.4 Å². The molecular formula is C32H39N7O. The van der Waals surface area contributed by atoms with Gasteiger partial charge in [-0.15, -0.1) is 0 Å². The molecule has 4 aromatic rings. The van der Waals surface area contributed by atoms with Crippen LogP contribution < -0.4 is 16.4 Å². The van der Waals surface area contributed by atoms with Gasteiger partial charge in [0.15, 0.2) is 0 Å². The van der Waals surface area contributed by atoms with Crippen molar-refractivity contribution in [1.29, 1.82) is 5.41 Å². The fourth-order valence-corrected chi connectivity index (χ4v) is 5.79. The summed E-state index contributed by atoms with van der Waals surface area (Å²) < 4.78 is 2.36. The molecule has 2 aromatic heterocycles. The summed E-state index contributed by atoms with van der Waals surface area (Å²) in [6.07, 6.45) is 12.8. The molecule has 1 aliphatic rings. The molecule has 0 radical (unpaired) electrons. The van der Waals surface area contributed by atoms with E-state index in [9.17, 15) is 4.79 Å². The third kappa shape index (κ3) is 6.39. The third-order valence-electron chi connectivity index (χ3n) is 8.02. The van der Waals surface area contributed by atoms with Gasteiger partial charge in [-0.05, 0) is 54.7 Å². The zero-order valence-corrected chi connectivity index (χ0v) is 23.1. The number of rotatable bonds is 11. The molecule has 1 fully saturated rings. The van der Waals surface area contributed by atoms with Gasteiger partial charge in [-0.25, -0.2) is 4.98 Å². The molecule has 0 unspecified atom stereocenters. The summed E-state index contributed by atoms with van der Waals surface area (Å²) in [5.41, 5.74) is 16.6. The van der Waals surface area contributed by atoms with Crippen LogP contribution in [0.5, 0.6) is 0 Å². The van der Waals surface area contributed by atoms with Crippen LogP contribution in [0.15, 0.2) is 67.0 Å². The number of carbonyl (C=O) groups is 1. The van der Waals surface area contributed by atoms with Crippen LogP contribution in [0.2, 0.25) is 0 Å². The van der Waals surface area contributed by atoms with Crippen molar-refractivity contribution in [3.05, 3.63) is 89.5 Å². The van der Waals surface area contributed by atoms with E-state index in [-0.39, 0.29) is 11.7 Å². The van der Waals surface area contributed by atoms with Crippen molar-refractivity contribution >= 4 is 28.5 Å². The Bertz CT molecular complexity index is 1440. The van der Waals surface area contributed by atoms with Gasteiger partial charge >= 0.3 is 0 Å². The maximum absolute atomic E-state index is 13.6. The van der Waals surface area contributed by atoms with Crippen LogP contribution >= 0.6 is 0 Å². The van der Waals surface area contributed by atoms with E-state index in [1.807, 2.05) is 54.6 Å². The molecule has 5 rings (SSSR count). The molecule has 2 heterocycles. The highest BCUT2D eigenvalue weighted by Crippen LogP contribution is 2.29. The molecule has 0 bridgehead atoms. The Morgan fingerprint density at radius 3 is 2.50 bits per heavy atom. The minimum absolute atomic E-state index is 0.0787. The Morgan fingerprint density at radius 1 is 1.02 bits per heavy atom. The molecule has 2 aromatic carbocycles. The zero-order chi connectivity index (χ0) is 27.9. The van der Waals surface area contributed by atoms with Gasteiger partial charge in [0, 0.05) is 43.4 Å². The van der Waals surface area contributed by atoms with Crippen molar-refractivity contribution in [2.45, 2.75) is 57.9 Å². The predicted octanol–water partition coefficient (Wildman–Crippen LogP) is 5.08. The molecule has 1 saturated carbocycles. The first-order valence-electron chi connectivity index (χ1n) is 14.4. The Labute approximate surface area is 235 Å². The van der Waals surface area contributed by atoms with E-state index in [1.165, 1.54) is 37.7 Å². The second-order valence-corrected chi connectivity index (χ2v) is 10.7. The van der Waals surface area contributed by atoms with E-state index in [1.54, 1.807) is 17.3 Å². The van der Waals surface area contributed by atoms with E-state index in [0.29, 0.717) is 18.7 Å². The van der Waals surface area contributed by atoms with Crippen molar-refractivity contribution in [2.75, 3.05) is 18.0 Å². The SMILES string of the molecule is N=C(N)c1ccc(CCc2nc3cc(C(=O)N(CCN)c4cccnc4)ccc3n2CCC2CCCCC2)cc1. The summed E-state index contributed by atoms with van der Waals surface area (Å²) in [6, 6.07) is 17.4. The van der Waals surface area contributed by atoms with E-state index >= 15 is 0 Å². The number of hydrogen-bond acceptors (Lipinski definition) is 5. The molecular weight excluding hydrogens is 498 g/mol. The monoisotopic (exact) mass is 537 g/mol. The van der Waals surface area contributed by atoms with Crippen LogP contribution in [-0.2, 0) is 19.4 Å². The van der Waals surface area contributed by atoms with Crippen molar-refractivity contribution < 1.29 is 4.79 Å². The van der Waals surface area contributed by atoms with E-state index < -0.39 is 0 Å². The minimum Gasteiger partial charge on any atom is -0.384 e. The second-order valence-electron chi connectivity index (χ2n) is 10.7. The first kappa shape index (κ1) is 27.5. The number of hydrogen-bond donors (Lipinski definition) is 3. The van der Waals surface area contributed by atoms with E-state index in [2.05, 4.69) is 9.55 Å².